The Bertz CT molecular complexity index is 840. The zero-order chi connectivity index (χ0) is 17.6. The van der Waals surface area contributed by atoms with Crippen LogP contribution in [0, 0.1) is 0 Å². The summed E-state index contributed by atoms with van der Waals surface area (Å²) in [6.45, 7) is 5.79. The summed E-state index contributed by atoms with van der Waals surface area (Å²) in [5.41, 5.74) is 2.28. The summed E-state index contributed by atoms with van der Waals surface area (Å²) in [7, 11) is 0. The molecule has 3 heterocycles. The Morgan fingerprint density at radius 3 is 2.96 bits per heavy atom. The van der Waals surface area contributed by atoms with E-state index in [-0.39, 0.29) is 5.97 Å². The zero-order valence-corrected chi connectivity index (χ0v) is 14.5. The standard InChI is InChI=1S/C17H22N6O2/c1-3-13-14(17(24)25-4-2)10-23-15(13)16(20-11-21-23)19-6-5-8-22-9-7-18-12-22/h7,9-12H,3-6,8H2,1-2H3,(H,19,20,21). The van der Waals surface area contributed by atoms with Gasteiger partial charge < -0.3 is 14.6 Å². The molecular formula is C17H22N6O2. The van der Waals surface area contributed by atoms with Crippen molar-refractivity contribution in [2.45, 2.75) is 33.2 Å². The van der Waals surface area contributed by atoms with E-state index in [9.17, 15) is 4.79 Å². The fourth-order valence-corrected chi connectivity index (χ4v) is 2.83. The molecule has 0 aliphatic rings. The van der Waals surface area contributed by atoms with Crippen LogP contribution in [-0.2, 0) is 17.7 Å². The van der Waals surface area contributed by atoms with E-state index in [0.717, 1.165) is 36.4 Å². The molecule has 1 N–H and O–H groups in total. The van der Waals surface area contributed by atoms with Crippen molar-refractivity contribution in [3.63, 3.8) is 0 Å². The molecule has 8 nitrogen and oxygen atoms in total. The van der Waals surface area contributed by atoms with Gasteiger partial charge in [-0.1, -0.05) is 6.92 Å². The average Bonchev–Trinajstić information content (AvgIpc) is 3.26. The Hall–Kier alpha value is -2.90. The summed E-state index contributed by atoms with van der Waals surface area (Å²) in [6, 6.07) is 0. The molecule has 3 rings (SSSR count). The number of carbonyl (C=O) groups excluding carboxylic acids is 1. The van der Waals surface area contributed by atoms with Crippen LogP contribution in [0.15, 0.2) is 31.2 Å². The maximum Gasteiger partial charge on any atom is 0.340 e. The second-order valence-corrected chi connectivity index (χ2v) is 5.58. The highest BCUT2D eigenvalue weighted by molar-refractivity contribution is 5.95. The van der Waals surface area contributed by atoms with E-state index in [0.29, 0.717) is 18.6 Å². The Kier molecular flexibility index (Phi) is 5.27. The molecular weight excluding hydrogens is 320 g/mol. The number of aryl methyl sites for hydroxylation is 2. The molecule has 0 radical (unpaired) electrons. The maximum absolute atomic E-state index is 12.2. The van der Waals surface area contributed by atoms with E-state index in [1.165, 1.54) is 6.33 Å². The number of rotatable bonds is 8. The van der Waals surface area contributed by atoms with Crippen LogP contribution in [0.25, 0.3) is 5.52 Å². The first-order valence-corrected chi connectivity index (χ1v) is 8.46. The Balaban J connectivity index is 1.79. The molecule has 0 saturated carbocycles. The summed E-state index contributed by atoms with van der Waals surface area (Å²) in [4.78, 5) is 20.6. The number of fused-ring (bicyclic) bond motifs is 1. The highest BCUT2D eigenvalue weighted by Gasteiger charge is 2.20. The van der Waals surface area contributed by atoms with Crippen LogP contribution < -0.4 is 5.32 Å². The first-order chi connectivity index (χ1) is 12.2. The summed E-state index contributed by atoms with van der Waals surface area (Å²) in [5.74, 6) is 0.406. The van der Waals surface area contributed by atoms with Gasteiger partial charge in [-0.05, 0) is 25.3 Å². The van der Waals surface area contributed by atoms with Crippen molar-refractivity contribution in [3.05, 3.63) is 42.4 Å². The third-order valence-electron chi connectivity index (χ3n) is 3.97. The number of nitrogens with zero attached hydrogens (tertiary/aromatic N) is 5. The maximum atomic E-state index is 12.2. The van der Waals surface area contributed by atoms with Crippen molar-refractivity contribution >= 4 is 17.3 Å². The number of nitrogens with one attached hydrogen (secondary N) is 1. The lowest BCUT2D eigenvalue weighted by atomic mass is 10.1. The van der Waals surface area contributed by atoms with Gasteiger partial charge in [-0.2, -0.15) is 5.10 Å². The molecule has 8 heteroatoms. The molecule has 0 saturated heterocycles. The van der Waals surface area contributed by atoms with E-state index < -0.39 is 0 Å². The third-order valence-corrected chi connectivity index (χ3v) is 3.97. The molecule has 3 aromatic rings. The molecule has 0 atom stereocenters. The molecule has 0 aliphatic carbocycles. The normalized spacial score (nSPS) is 11.0. The minimum Gasteiger partial charge on any atom is -0.462 e. The van der Waals surface area contributed by atoms with Gasteiger partial charge in [-0.3, -0.25) is 0 Å². The van der Waals surface area contributed by atoms with Crippen molar-refractivity contribution in [1.29, 1.82) is 0 Å². The number of carbonyl (C=O) groups is 1. The fraction of sp³-hybridized carbons (Fsp3) is 0.412. The van der Waals surface area contributed by atoms with Crippen LogP contribution in [0.4, 0.5) is 5.82 Å². The van der Waals surface area contributed by atoms with Crippen molar-refractivity contribution in [2.75, 3.05) is 18.5 Å². The molecule has 0 amide bonds. The number of aromatic nitrogens is 5. The molecule has 0 aromatic carbocycles. The molecule has 0 bridgehead atoms. The quantitative estimate of drug-likeness (QED) is 0.499. The van der Waals surface area contributed by atoms with Gasteiger partial charge in [0.2, 0.25) is 0 Å². The number of ether oxygens (including phenoxy) is 1. The monoisotopic (exact) mass is 342 g/mol. The predicted octanol–water partition coefficient (Wildman–Crippen LogP) is 2.17. The van der Waals surface area contributed by atoms with Crippen molar-refractivity contribution in [3.8, 4) is 0 Å². The van der Waals surface area contributed by atoms with E-state index >= 15 is 0 Å². The van der Waals surface area contributed by atoms with Crippen LogP contribution >= 0.6 is 0 Å². The Labute approximate surface area is 145 Å². The van der Waals surface area contributed by atoms with Gasteiger partial charge in [0.05, 0.1) is 18.5 Å². The van der Waals surface area contributed by atoms with Gasteiger partial charge in [-0.25, -0.2) is 19.3 Å². The van der Waals surface area contributed by atoms with Crippen LogP contribution in [0.1, 0.15) is 36.2 Å². The van der Waals surface area contributed by atoms with Gasteiger partial charge in [0.15, 0.2) is 5.82 Å². The largest absolute Gasteiger partial charge is 0.462 e. The first kappa shape index (κ1) is 16.9. The van der Waals surface area contributed by atoms with Crippen LogP contribution in [-0.4, -0.2) is 43.3 Å². The average molecular weight is 342 g/mol. The fourth-order valence-electron chi connectivity index (χ4n) is 2.83. The summed E-state index contributed by atoms with van der Waals surface area (Å²) >= 11 is 0. The molecule has 132 valence electrons. The van der Waals surface area contributed by atoms with Gasteiger partial charge in [0, 0.05) is 31.7 Å². The van der Waals surface area contributed by atoms with Gasteiger partial charge in [0.1, 0.15) is 11.8 Å². The predicted molar refractivity (Wildman–Crippen MR) is 93.7 cm³/mol. The lowest BCUT2D eigenvalue weighted by Gasteiger charge is -2.09. The van der Waals surface area contributed by atoms with E-state index in [2.05, 4.69) is 20.4 Å². The second-order valence-electron chi connectivity index (χ2n) is 5.58. The highest BCUT2D eigenvalue weighted by atomic mass is 16.5. The Morgan fingerprint density at radius 2 is 2.24 bits per heavy atom. The molecule has 0 unspecified atom stereocenters. The molecule has 0 spiro atoms. The van der Waals surface area contributed by atoms with Crippen molar-refractivity contribution in [1.82, 2.24) is 24.1 Å². The van der Waals surface area contributed by atoms with Gasteiger partial charge in [-0.15, -0.1) is 0 Å². The zero-order valence-electron chi connectivity index (χ0n) is 14.5. The number of hydrogen-bond acceptors (Lipinski definition) is 6. The van der Waals surface area contributed by atoms with E-state index in [1.807, 2.05) is 17.7 Å². The summed E-state index contributed by atoms with van der Waals surface area (Å²) < 4.78 is 8.87. The third kappa shape index (κ3) is 3.62. The molecule has 25 heavy (non-hydrogen) atoms. The number of esters is 1. The lowest BCUT2D eigenvalue weighted by Crippen LogP contribution is -2.09. The van der Waals surface area contributed by atoms with E-state index in [1.54, 1.807) is 30.2 Å². The minimum absolute atomic E-state index is 0.323. The van der Waals surface area contributed by atoms with E-state index in [4.69, 9.17) is 4.74 Å². The van der Waals surface area contributed by atoms with Crippen LogP contribution in [0.5, 0.6) is 0 Å². The summed E-state index contributed by atoms with van der Waals surface area (Å²) in [5, 5.41) is 7.58. The van der Waals surface area contributed by atoms with Crippen LogP contribution in [0.3, 0.4) is 0 Å². The SMILES string of the molecule is CCOC(=O)c1cn2ncnc(NCCCn3ccnc3)c2c1CC. The number of imidazole rings is 1. The first-order valence-electron chi connectivity index (χ1n) is 8.46. The molecule has 0 aliphatic heterocycles. The second kappa shape index (κ2) is 7.78. The lowest BCUT2D eigenvalue weighted by molar-refractivity contribution is 0.0525. The van der Waals surface area contributed by atoms with Gasteiger partial charge >= 0.3 is 5.97 Å². The number of anilines is 1. The summed E-state index contributed by atoms with van der Waals surface area (Å²) in [6.07, 6.45) is 10.3. The number of hydrogen-bond donors (Lipinski definition) is 1. The topological polar surface area (TPSA) is 86.3 Å². The molecule has 3 aromatic heterocycles. The Morgan fingerprint density at radius 1 is 1.36 bits per heavy atom. The smallest absolute Gasteiger partial charge is 0.340 e. The van der Waals surface area contributed by atoms with Crippen molar-refractivity contribution < 1.29 is 9.53 Å². The molecule has 0 fully saturated rings. The minimum atomic E-state index is -0.323. The highest BCUT2D eigenvalue weighted by Crippen LogP contribution is 2.24. The van der Waals surface area contributed by atoms with Crippen LogP contribution in [0.2, 0.25) is 0 Å². The van der Waals surface area contributed by atoms with Gasteiger partial charge in [0.25, 0.3) is 0 Å². The van der Waals surface area contributed by atoms with Crippen molar-refractivity contribution in [2.24, 2.45) is 0 Å².